The van der Waals surface area contributed by atoms with Gasteiger partial charge in [0, 0.05) is 61.5 Å². The predicted octanol–water partition coefficient (Wildman–Crippen LogP) is 2.98. The maximum absolute atomic E-state index is 14.9. The van der Waals surface area contributed by atoms with Crippen LogP contribution in [0, 0.1) is 11.7 Å². The molecule has 7 nitrogen and oxygen atoms in total. The zero-order valence-electron chi connectivity index (χ0n) is 17.8. The van der Waals surface area contributed by atoms with Gasteiger partial charge >= 0.3 is 0 Å². The van der Waals surface area contributed by atoms with E-state index in [1.54, 1.807) is 19.2 Å². The molecule has 0 amide bonds. The average molecular weight is 471 g/mol. The number of nitrogens with zero attached hydrogens (tertiary/aromatic N) is 3. The summed E-state index contributed by atoms with van der Waals surface area (Å²) in [6.45, 7) is 5.35. The fraction of sp³-hybridized carbons (Fsp3) is 0.524. The van der Waals surface area contributed by atoms with Crippen LogP contribution in [0.1, 0.15) is 25.8 Å². The van der Waals surface area contributed by atoms with Gasteiger partial charge in [-0.2, -0.15) is 0 Å². The number of hydrogen-bond donors (Lipinski definition) is 2. The van der Waals surface area contributed by atoms with Crippen LogP contribution in [0.2, 0.25) is 5.15 Å². The Morgan fingerprint density at radius 1 is 1.35 bits per heavy atom. The minimum absolute atomic E-state index is 0.0995. The number of anilines is 1. The van der Waals surface area contributed by atoms with E-state index in [-0.39, 0.29) is 28.6 Å². The van der Waals surface area contributed by atoms with Crippen LogP contribution in [0.4, 0.5) is 10.1 Å². The molecule has 1 fully saturated rings. The fourth-order valence-corrected chi connectivity index (χ4v) is 5.07. The minimum Gasteiger partial charge on any atom is -0.393 e. The third-order valence-electron chi connectivity index (χ3n) is 5.53. The zero-order valence-corrected chi connectivity index (χ0v) is 19.4. The van der Waals surface area contributed by atoms with Gasteiger partial charge in [-0.15, -0.1) is 0 Å². The number of nitrogens with one attached hydrogen (secondary N) is 1. The Morgan fingerprint density at radius 2 is 2.10 bits per heavy atom. The molecule has 0 saturated carbocycles. The molecule has 1 saturated heterocycles. The zero-order chi connectivity index (χ0) is 22.8. The molecule has 10 heteroatoms. The summed E-state index contributed by atoms with van der Waals surface area (Å²) in [5.74, 6) is -0.200. The van der Waals surface area contributed by atoms with Crippen LogP contribution >= 0.6 is 11.6 Å². The van der Waals surface area contributed by atoms with Gasteiger partial charge in [0.1, 0.15) is 26.5 Å². The molecule has 0 aromatic carbocycles. The van der Waals surface area contributed by atoms with Crippen LogP contribution in [0.5, 0.6) is 0 Å². The minimum atomic E-state index is -3.01. The molecule has 0 spiro atoms. The lowest BCUT2D eigenvalue weighted by Crippen LogP contribution is -2.56. The monoisotopic (exact) mass is 470 g/mol. The maximum Gasteiger partial charge on any atom is 0.149 e. The molecule has 0 aliphatic carbocycles. The second-order valence-electron chi connectivity index (χ2n) is 8.31. The first kappa shape index (κ1) is 23.8. The molecular weight excluding hydrogens is 443 g/mol. The topological polar surface area (TPSA) is 95.4 Å². The Bertz CT molecular complexity index is 1040. The normalized spacial score (nSPS) is 20.3. The van der Waals surface area contributed by atoms with E-state index in [1.165, 1.54) is 18.5 Å². The van der Waals surface area contributed by atoms with Crippen LogP contribution in [0.3, 0.4) is 0 Å². The van der Waals surface area contributed by atoms with E-state index in [4.69, 9.17) is 11.6 Å². The molecule has 1 aliphatic heterocycles. The molecule has 3 heterocycles. The summed E-state index contributed by atoms with van der Waals surface area (Å²) in [6, 6.07) is 3.17. The molecule has 0 unspecified atom stereocenters. The lowest BCUT2D eigenvalue weighted by Gasteiger charge is -2.46. The van der Waals surface area contributed by atoms with E-state index < -0.39 is 21.8 Å². The quantitative estimate of drug-likeness (QED) is 0.544. The summed E-state index contributed by atoms with van der Waals surface area (Å²) in [4.78, 5) is 10.5. The molecule has 0 bridgehead atoms. The highest BCUT2D eigenvalue weighted by Gasteiger charge is 2.37. The van der Waals surface area contributed by atoms with Gasteiger partial charge in [-0.25, -0.2) is 17.8 Å². The predicted molar refractivity (Wildman–Crippen MR) is 120 cm³/mol. The lowest BCUT2D eigenvalue weighted by molar-refractivity contribution is 0.0323. The van der Waals surface area contributed by atoms with E-state index in [2.05, 4.69) is 20.2 Å². The van der Waals surface area contributed by atoms with Crippen molar-refractivity contribution in [1.29, 1.82) is 0 Å². The molecule has 1 aliphatic rings. The van der Waals surface area contributed by atoms with E-state index in [0.717, 1.165) is 5.56 Å². The lowest BCUT2D eigenvalue weighted by atomic mass is 9.91. The van der Waals surface area contributed by atoms with Crippen LogP contribution in [0.25, 0.3) is 11.3 Å². The Hall–Kier alpha value is -1.81. The second-order valence-corrected chi connectivity index (χ2v) is 10.9. The highest BCUT2D eigenvalue weighted by atomic mass is 35.5. The van der Waals surface area contributed by atoms with E-state index in [0.29, 0.717) is 37.3 Å². The first-order valence-electron chi connectivity index (χ1n) is 10.2. The van der Waals surface area contributed by atoms with E-state index >= 15 is 0 Å². The van der Waals surface area contributed by atoms with Crippen LogP contribution < -0.4 is 5.32 Å². The number of rotatable bonds is 9. The Labute approximate surface area is 187 Å². The van der Waals surface area contributed by atoms with Crippen molar-refractivity contribution in [2.75, 3.05) is 30.4 Å². The van der Waals surface area contributed by atoms with E-state index in [9.17, 15) is 17.9 Å². The molecular formula is C21H28ClFN4O3S. The number of aromatic nitrogens is 2. The van der Waals surface area contributed by atoms with Gasteiger partial charge in [0.25, 0.3) is 0 Å². The van der Waals surface area contributed by atoms with Crippen molar-refractivity contribution < 1.29 is 17.9 Å². The largest absolute Gasteiger partial charge is 0.393 e. The molecule has 0 radical (unpaired) electrons. The molecule has 170 valence electrons. The number of likely N-dealkylation sites (tertiary alicyclic amines) is 1. The molecule has 3 atom stereocenters. The number of aliphatic hydroxyl groups excluding tert-OH is 1. The molecule has 2 N–H and O–H groups in total. The van der Waals surface area contributed by atoms with Crippen LogP contribution in [0.15, 0.2) is 24.5 Å². The van der Waals surface area contributed by atoms with Crippen LogP contribution in [-0.2, 0) is 16.4 Å². The van der Waals surface area contributed by atoms with Gasteiger partial charge in [0.2, 0.25) is 0 Å². The molecule has 2 aromatic heterocycles. The number of hydrogen-bond acceptors (Lipinski definition) is 7. The SMILES string of the molecule is C[C@@H]1[C@@H](CS(C)(=O)=O)CN1Cc1cnc(-c2cnc(Cl)cc2NCC[C@@H](C)O)c(F)c1. The first-order valence-corrected chi connectivity index (χ1v) is 12.6. The van der Waals surface area contributed by atoms with Crippen molar-refractivity contribution in [3.05, 3.63) is 41.1 Å². The smallest absolute Gasteiger partial charge is 0.149 e. The Kier molecular flexibility index (Phi) is 7.51. The average Bonchev–Trinajstić information content (AvgIpc) is 2.66. The van der Waals surface area contributed by atoms with E-state index in [1.807, 2.05) is 6.92 Å². The number of halogens is 2. The molecule has 3 rings (SSSR count). The third kappa shape index (κ3) is 6.35. The van der Waals surface area contributed by atoms with Gasteiger partial charge in [-0.1, -0.05) is 11.6 Å². The third-order valence-corrected chi connectivity index (χ3v) is 6.77. The first-order chi connectivity index (χ1) is 14.5. The molecule has 31 heavy (non-hydrogen) atoms. The van der Waals surface area contributed by atoms with Gasteiger partial charge in [-0.05, 0) is 38.0 Å². The van der Waals surface area contributed by atoms with Gasteiger partial charge < -0.3 is 10.4 Å². The highest BCUT2D eigenvalue weighted by Crippen LogP contribution is 2.31. The number of aliphatic hydroxyl groups is 1. The summed E-state index contributed by atoms with van der Waals surface area (Å²) in [7, 11) is -3.01. The van der Waals surface area contributed by atoms with Crippen LogP contribution in [-0.4, -0.2) is 65.6 Å². The highest BCUT2D eigenvalue weighted by molar-refractivity contribution is 7.90. The van der Waals surface area contributed by atoms with Crippen molar-refractivity contribution in [2.45, 2.75) is 39.0 Å². The van der Waals surface area contributed by atoms with Crippen molar-refractivity contribution in [2.24, 2.45) is 5.92 Å². The standard InChI is InChI=1S/C21H28ClFN4O3S/c1-13(28)4-5-24-19-7-20(22)25-9-17(19)21-18(23)6-15(8-26-21)10-27-11-16(14(27)2)12-31(3,29)30/h6-9,13-14,16,28H,4-5,10-12H2,1-3H3,(H,24,25)/t13-,14-,16-/m1/s1. The van der Waals surface area contributed by atoms with Crippen molar-refractivity contribution in [3.8, 4) is 11.3 Å². The summed E-state index contributed by atoms with van der Waals surface area (Å²) in [5.41, 5.74) is 1.97. The molecule has 2 aromatic rings. The summed E-state index contributed by atoms with van der Waals surface area (Å²) < 4.78 is 37.9. The second kappa shape index (κ2) is 9.77. The number of pyridine rings is 2. The number of sulfone groups is 1. The van der Waals surface area contributed by atoms with Crippen molar-refractivity contribution >= 4 is 27.1 Å². The van der Waals surface area contributed by atoms with Gasteiger partial charge in [0.15, 0.2) is 0 Å². The summed E-state index contributed by atoms with van der Waals surface area (Å²) >= 11 is 6.00. The van der Waals surface area contributed by atoms with Crippen molar-refractivity contribution in [1.82, 2.24) is 14.9 Å². The van der Waals surface area contributed by atoms with Gasteiger partial charge in [-0.3, -0.25) is 9.88 Å². The van der Waals surface area contributed by atoms with Crippen molar-refractivity contribution in [3.63, 3.8) is 0 Å². The maximum atomic E-state index is 14.9. The fourth-order valence-electron chi connectivity index (χ4n) is 3.75. The summed E-state index contributed by atoms with van der Waals surface area (Å²) in [6.07, 6.45) is 4.43. The van der Waals surface area contributed by atoms with Gasteiger partial charge in [0.05, 0.1) is 11.9 Å². The summed E-state index contributed by atoms with van der Waals surface area (Å²) in [5, 5.41) is 12.9. The Balaban J connectivity index is 1.72. The Morgan fingerprint density at radius 3 is 2.71 bits per heavy atom.